The summed E-state index contributed by atoms with van der Waals surface area (Å²) < 4.78 is 0. The van der Waals surface area contributed by atoms with Crippen LogP contribution in [0.4, 0.5) is 0 Å². The number of rotatable bonds is 10. The van der Waals surface area contributed by atoms with Crippen molar-refractivity contribution < 1.29 is 9.59 Å². The van der Waals surface area contributed by atoms with Crippen LogP contribution in [0.3, 0.4) is 0 Å². The number of nitrogens with zero attached hydrogens (tertiary/aromatic N) is 2. The first-order valence-corrected chi connectivity index (χ1v) is 8.92. The van der Waals surface area contributed by atoms with Crippen LogP contribution in [0, 0.1) is 23.7 Å². The van der Waals surface area contributed by atoms with Crippen molar-refractivity contribution in [2.24, 2.45) is 33.7 Å². The Kier molecular flexibility index (Phi) is 7.56. The fourth-order valence-electron chi connectivity index (χ4n) is 4.77. The smallest absolute Gasteiger partial charge is 0.211 e. The molecule has 2 atom stereocenters. The normalized spacial score (nSPS) is 29.6. The second-order valence-electron chi connectivity index (χ2n) is 7.04. The molecule has 0 N–H and O–H groups in total. The second-order valence-corrected chi connectivity index (χ2v) is 7.04. The summed E-state index contributed by atoms with van der Waals surface area (Å²) in [7, 11) is 0. The first-order valence-electron chi connectivity index (χ1n) is 8.92. The largest absolute Gasteiger partial charge is 0.234 e. The first-order chi connectivity index (χ1) is 10.8. The van der Waals surface area contributed by atoms with Crippen LogP contribution in [-0.2, 0) is 9.59 Å². The summed E-state index contributed by atoms with van der Waals surface area (Å²) in [6, 6.07) is 0. The number of hydrogen-bond acceptors (Lipinski definition) is 4. The van der Waals surface area contributed by atoms with Crippen molar-refractivity contribution in [2.45, 2.75) is 64.2 Å². The Bertz CT molecular complexity index is 389. The Morgan fingerprint density at radius 2 is 1.32 bits per heavy atom. The van der Waals surface area contributed by atoms with Gasteiger partial charge in [-0.1, -0.05) is 32.1 Å². The van der Waals surface area contributed by atoms with Gasteiger partial charge in [0.15, 0.2) is 0 Å². The van der Waals surface area contributed by atoms with Gasteiger partial charge in [0.1, 0.15) is 0 Å². The Morgan fingerprint density at radius 1 is 0.773 bits per heavy atom. The summed E-state index contributed by atoms with van der Waals surface area (Å²) >= 11 is 0. The number of fused-ring (bicyclic) bond motifs is 3. The highest BCUT2D eigenvalue weighted by Crippen LogP contribution is 2.51. The molecule has 4 heteroatoms. The maximum Gasteiger partial charge on any atom is 0.234 e. The summed E-state index contributed by atoms with van der Waals surface area (Å²) in [6.45, 7) is 1.29. The van der Waals surface area contributed by atoms with Crippen molar-refractivity contribution in [1.82, 2.24) is 0 Å². The van der Waals surface area contributed by atoms with Gasteiger partial charge in [0, 0.05) is 0 Å². The molecule has 2 bridgehead atoms. The van der Waals surface area contributed by atoms with Gasteiger partial charge in [0.2, 0.25) is 12.2 Å². The van der Waals surface area contributed by atoms with E-state index in [-0.39, 0.29) is 0 Å². The van der Waals surface area contributed by atoms with E-state index in [4.69, 9.17) is 0 Å². The van der Waals surface area contributed by atoms with Crippen molar-refractivity contribution in [1.29, 1.82) is 0 Å². The van der Waals surface area contributed by atoms with Crippen LogP contribution in [0.1, 0.15) is 64.2 Å². The molecule has 0 aromatic heterocycles. The Morgan fingerprint density at radius 3 is 1.77 bits per heavy atom. The van der Waals surface area contributed by atoms with Gasteiger partial charge >= 0.3 is 0 Å². The van der Waals surface area contributed by atoms with Crippen molar-refractivity contribution in [3.05, 3.63) is 0 Å². The molecule has 0 aromatic rings. The van der Waals surface area contributed by atoms with Crippen molar-refractivity contribution in [3.63, 3.8) is 0 Å². The predicted octanol–water partition coefficient (Wildman–Crippen LogP) is 4.05. The van der Waals surface area contributed by atoms with Crippen LogP contribution in [0.5, 0.6) is 0 Å². The maximum absolute atomic E-state index is 10.1. The Balaban J connectivity index is 1.71. The van der Waals surface area contributed by atoms with Crippen LogP contribution in [0.25, 0.3) is 0 Å². The highest BCUT2D eigenvalue weighted by Gasteiger charge is 2.40. The molecule has 4 nitrogen and oxygen atoms in total. The topological polar surface area (TPSA) is 58.9 Å². The number of aliphatic imine (C=N–C) groups is 2. The van der Waals surface area contributed by atoms with E-state index in [1.165, 1.54) is 51.4 Å². The minimum atomic E-state index is 0.644. The molecule has 122 valence electrons. The molecule has 0 spiro atoms. The van der Waals surface area contributed by atoms with Crippen molar-refractivity contribution in [2.75, 3.05) is 13.1 Å². The minimum Gasteiger partial charge on any atom is -0.211 e. The standard InChI is InChI=1S/C18H28N2O2/c21-13-19-9-3-1-5-16-11-15-7-8-18(16)17(12-15)6-2-4-10-20-14-22/h15-18H,1-12H2. The molecule has 22 heavy (non-hydrogen) atoms. The molecule has 3 aliphatic carbocycles. The zero-order valence-corrected chi connectivity index (χ0v) is 13.5. The highest BCUT2D eigenvalue weighted by molar-refractivity contribution is 5.32. The lowest BCUT2D eigenvalue weighted by Crippen LogP contribution is -2.38. The third-order valence-corrected chi connectivity index (χ3v) is 5.71. The average molecular weight is 304 g/mol. The SMILES string of the molecule is O=C=NCCCCC1CC2CCC1C(CCCCN=C=O)C2. The Labute approximate surface area is 133 Å². The molecule has 3 aliphatic rings. The average Bonchev–Trinajstić information content (AvgIpc) is 2.55. The molecule has 0 saturated heterocycles. The van der Waals surface area contributed by atoms with Gasteiger partial charge in [-0.15, -0.1) is 0 Å². The van der Waals surface area contributed by atoms with E-state index in [0.717, 1.165) is 36.5 Å². The number of isocyanates is 2. The molecular weight excluding hydrogens is 276 g/mol. The van der Waals surface area contributed by atoms with Gasteiger partial charge in [0.25, 0.3) is 0 Å². The van der Waals surface area contributed by atoms with Gasteiger partial charge in [-0.3, -0.25) is 0 Å². The van der Waals surface area contributed by atoms with E-state index in [1.54, 1.807) is 12.2 Å². The van der Waals surface area contributed by atoms with Gasteiger partial charge < -0.3 is 0 Å². The lowest BCUT2D eigenvalue weighted by atomic mass is 9.57. The molecule has 3 saturated carbocycles. The van der Waals surface area contributed by atoms with Crippen LogP contribution in [0.15, 0.2) is 9.98 Å². The number of unbranched alkanes of at least 4 members (excludes halogenated alkanes) is 2. The van der Waals surface area contributed by atoms with E-state index in [0.29, 0.717) is 13.1 Å². The summed E-state index contributed by atoms with van der Waals surface area (Å²) in [4.78, 5) is 27.4. The minimum absolute atomic E-state index is 0.644. The molecule has 0 radical (unpaired) electrons. The third-order valence-electron chi connectivity index (χ3n) is 5.71. The van der Waals surface area contributed by atoms with Gasteiger partial charge in [-0.05, 0) is 55.8 Å². The summed E-state index contributed by atoms with van der Waals surface area (Å²) in [5.41, 5.74) is 0. The van der Waals surface area contributed by atoms with Crippen LogP contribution in [0.2, 0.25) is 0 Å². The molecule has 3 rings (SSSR count). The number of carbonyl (C=O) groups excluding carboxylic acids is 2. The maximum atomic E-state index is 10.1. The summed E-state index contributed by atoms with van der Waals surface area (Å²) in [5.74, 6) is 3.64. The summed E-state index contributed by atoms with van der Waals surface area (Å²) in [5, 5.41) is 0. The van der Waals surface area contributed by atoms with Gasteiger partial charge in [-0.2, -0.15) is 0 Å². The number of hydrogen-bond donors (Lipinski definition) is 0. The monoisotopic (exact) mass is 304 g/mol. The fourth-order valence-corrected chi connectivity index (χ4v) is 4.77. The molecule has 0 amide bonds. The molecule has 0 aliphatic heterocycles. The fraction of sp³-hybridized carbons (Fsp3) is 0.889. The van der Waals surface area contributed by atoms with E-state index in [2.05, 4.69) is 9.98 Å². The molecule has 0 heterocycles. The second kappa shape index (κ2) is 9.71. The zero-order chi connectivity index (χ0) is 15.6. The summed E-state index contributed by atoms with van der Waals surface area (Å²) in [6.07, 6.45) is 16.0. The van der Waals surface area contributed by atoms with E-state index < -0.39 is 0 Å². The van der Waals surface area contributed by atoms with E-state index >= 15 is 0 Å². The van der Waals surface area contributed by atoms with E-state index in [1.807, 2.05) is 0 Å². The zero-order valence-electron chi connectivity index (χ0n) is 13.5. The lowest BCUT2D eigenvalue weighted by Gasteiger charge is -2.48. The molecule has 2 unspecified atom stereocenters. The van der Waals surface area contributed by atoms with Gasteiger partial charge in [0.05, 0.1) is 13.1 Å². The molecule has 3 fully saturated rings. The molecule has 0 aromatic carbocycles. The van der Waals surface area contributed by atoms with Gasteiger partial charge in [-0.25, -0.2) is 19.6 Å². The van der Waals surface area contributed by atoms with Crippen LogP contribution in [-0.4, -0.2) is 25.2 Å². The third kappa shape index (κ3) is 5.19. The van der Waals surface area contributed by atoms with Crippen LogP contribution >= 0.6 is 0 Å². The van der Waals surface area contributed by atoms with E-state index in [9.17, 15) is 9.59 Å². The highest BCUT2D eigenvalue weighted by atomic mass is 16.1. The first kappa shape index (κ1) is 17.1. The molecular formula is C18H28N2O2. The van der Waals surface area contributed by atoms with Crippen molar-refractivity contribution >= 4 is 12.2 Å². The predicted molar refractivity (Wildman–Crippen MR) is 86.1 cm³/mol. The quantitative estimate of drug-likeness (QED) is 0.347. The lowest BCUT2D eigenvalue weighted by molar-refractivity contribution is 0.0254. The van der Waals surface area contributed by atoms with Crippen LogP contribution < -0.4 is 0 Å². The van der Waals surface area contributed by atoms with Crippen molar-refractivity contribution in [3.8, 4) is 0 Å². The Hall–Kier alpha value is -1.24.